The van der Waals surface area contributed by atoms with Gasteiger partial charge in [-0.2, -0.15) is 0 Å². The number of carbonyl (C=O) groups is 2. The summed E-state index contributed by atoms with van der Waals surface area (Å²) < 4.78 is 0. The van der Waals surface area contributed by atoms with Gasteiger partial charge in [0, 0.05) is 18.1 Å². The van der Waals surface area contributed by atoms with Gasteiger partial charge in [0.25, 0.3) is 11.8 Å². The van der Waals surface area contributed by atoms with Crippen molar-refractivity contribution in [2.75, 3.05) is 26.7 Å². The van der Waals surface area contributed by atoms with Crippen LogP contribution in [0.2, 0.25) is 0 Å². The fraction of sp³-hybridized carbons (Fsp3) is 0.889. The van der Waals surface area contributed by atoms with Crippen LogP contribution in [-0.4, -0.2) is 55.0 Å². The quantitative estimate of drug-likeness (QED) is 0.796. The van der Waals surface area contributed by atoms with E-state index in [0.717, 1.165) is 17.9 Å². The molecular weight excluding hydrogens is 290 g/mol. The monoisotopic (exact) mass is 324 g/mol. The Bertz CT molecular complexity index is 428. The Morgan fingerprint density at radius 2 is 1.74 bits per heavy atom. The fourth-order valence-electron chi connectivity index (χ4n) is 4.09. The topological polar surface area (TPSA) is 53.9 Å². The van der Waals surface area contributed by atoms with Gasteiger partial charge in [-0.15, -0.1) is 0 Å². The average Bonchev–Trinajstić information content (AvgIpc) is 2.44. The lowest BCUT2D eigenvalue weighted by Gasteiger charge is -2.44. The van der Waals surface area contributed by atoms with E-state index in [9.17, 15) is 9.59 Å². The van der Waals surface area contributed by atoms with Gasteiger partial charge in [0.1, 0.15) is 0 Å². The second-order valence-corrected chi connectivity index (χ2v) is 8.45. The number of amides is 2. The molecule has 0 bridgehead atoms. The van der Waals surface area contributed by atoms with Gasteiger partial charge < -0.3 is 15.1 Å². The largest absolute Gasteiger partial charge is 0.347 e. The van der Waals surface area contributed by atoms with Crippen LogP contribution in [0.3, 0.4) is 0 Å². The Morgan fingerprint density at radius 3 is 2.43 bits per heavy atom. The number of fused-ring (bicyclic) bond motifs is 1. The summed E-state index contributed by atoms with van der Waals surface area (Å²) in [5, 5.41) is 2.96. The molecule has 1 saturated carbocycles. The minimum atomic E-state index is -0.219. The highest BCUT2D eigenvalue weighted by atomic mass is 16.2. The molecule has 5 heteroatoms. The lowest BCUT2D eigenvalue weighted by atomic mass is 9.78. The van der Waals surface area contributed by atoms with Gasteiger partial charge in [-0.25, -0.2) is 0 Å². The molecule has 3 atom stereocenters. The molecular formula is C18H34N3O2+. The minimum Gasteiger partial charge on any atom is -0.347 e. The third kappa shape index (κ3) is 5.48. The lowest BCUT2D eigenvalue weighted by molar-refractivity contribution is -0.863. The number of nitrogens with zero attached hydrogens (tertiary/aromatic N) is 1. The van der Waals surface area contributed by atoms with Gasteiger partial charge in [0.15, 0.2) is 13.1 Å². The van der Waals surface area contributed by atoms with Crippen molar-refractivity contribution in [1.82, 2.24) is 10.2 Å². The molecule has 0 aromatic heterocycles. The lowest BCUT2D eigenvalue weighted by Crippen LogP contribution is -3.11. The maximum absolute atomic E-state index is 12.7. The van der Waals surface area contributed by atoms with E-state index in [1.54, 1.807) is 0 Å². The summed E-state index contributed by atoms with van der Waals surface area (Å²) >= 11 is 0. The molecule has 1 unspecified atom stereocenters. The van der Waals surface area contributed by atoms with Crippen LogP contribution < -0.4 is 10.2 Å². The Balaban J connectivity index is 1.84. The molecule has 2 aliphatic rings. The van der Waals surface area contributed by atoms with Crippen molar-refractivity contribution in [1.29, 1.82) is 0 Å². The number of hydrogen-bond acceptors (Lipinski definition) is 2. The van der Waals surface area contributed by atoms with Crippen molar-refractivity contribution in [3.63, 3.8) is 0 Å². The summed E-state index contributed by atoms with van der Waals surface area (Å²) in [5.74, 6) is 0.950. The Hall–Kier alpha value is -1.10. The highest BCUT2D eigenvalue weighted by Crippen LogP contribution is 2.35. The zero-order valence-electron chi connectivity index (χ0n) is 15.3. The number of carbonyl (C=O) groups excluding carboxylic acids is 2. The number of likely N-dealkylation sites (N-methyl/N-ethyl adjacent to an activating group) is 1. The van der Waals surface area contributed by atoms with Crippen molar-refractivity contribution >= 4 is 11.8 Å². The van der Waals surface area contributed by atoms with Crippen LogP contribution >= 0.6 is 0 Å². The van der Waals surface area contributed by atoms with Crippen molar-refractivity contribution in [3.05, 3.63) is 0 Å². The summed E-state index contributed by atoms with van der Waals surface area (Å²) in [6, 6.07) is 0.459. The Labute approximate surface area is 140 Å². The maximum Gasteiger partial charge on any atom is 0.278 e. The molecule has 1 saturated heterocycles. The highest BCUT2D eigenvalue weighted by Gasteiger charge is 2.36. The fourth-order valence-corrected chi connectivity index (χ4v) is 4.09. The van der Waals surface area contributed by atoms with Crippen molar-refractivity contribution in [2.24, 2.45) is 5.92 Å². The number of likely N-dealkylation sites (tertiary alicyclic amines) is 1. The number of hydrogen-bond donors (Lipinski definition) is 2. The standard InChI is InChI=1S/C18H33N3O2/c1-18(2,3)19-16(22)12-20(4)13-17(23)21-11-7-9-14-8-5-6-10-15(14)21/h14-15H,5-13H2,1-4H3,(H,19,22)/p+1/t14-,15-/m0/s1. The van der Waals surface area contributed by atoms with E-state index in [-0.39, 0.29) is 17.4 Å². The first-order valence-electron chi connectivity index (χ1n) is 9.18. The van der Waals surface area contributed by atoms with Crippen LogP contribution in [-0.2, 0) is 9.59 Å². The first kappa shape index (κ1) is 18.2. The maximum atomic E-state index is 12.7. The molecule has 1 aliphatic carbocycles. The van der Waals surface area contributed by atoms with Crippen molar-refractivity contribution in [3.8, 4) is 0 Å². The van der Waals surface area contributed by atoms with E-state index in [0.29, 0.717) is 25.0 Å². The normalized spacial score (nSPS) is 26.3. The molecule has 0 spiro atoms. The third-order valence-electron chi connectivity index (χ3n) is 4.99. The van der Waals surface area contributed by atoms with Crippen LogP contribution in [0.25, 0.3) is 0 Å². The number of rotatable bonds is 4. The predicted molar refractivity (Wildman–Crippen MR) is 91.2 cm³/mol. The molecule has 1 heterocycles. The van der Waals surface area contributed by atoms with E-state index in [4.69, 9.17) is 0 Å². The van der Waals surface area contributed by atoms with E-state index < -0.39 is 0 Å². The van der Waals surface area contributed by atoms with Crippen LogP contribution in [0.1, 0.15) is 59.3 Å². The summed E-state index contributed by atoms with van der Waals surface area (Å²) in [6.07, 6.45) is 7.44. The van der Waals surface area contributed by atoms with Gasteiger partial charge in [-0.1, -0.05) is 12.8 Å². The first-order valence-corrected chi connectivity index (χ1v) is 9.18. The average molecular weight is 324 g/mol. The van der Waals surface area contributed by atoms with Gasteiger partial charge in [-0.05, 0) is 52.4 Å². The number of nitrogens with one attached hydrogen (secondary N) is 2. The highest BCUT2D eigenvalue weighted by molar-refractivity contribution is 5.79. The van der Waals surface area contributed by atoms with Gasteiger partial charge in [0.2, 0.25) is 0 Å². The van der Waals surface area contributed by atoms with Crippen molar-refractivity contribution < 1.29 is 14.5 Å². The molecule has 2 rings (SSSR count). The molecule has 1 aliphatic heterocycles. The molecule has 5 nitrogen and oxygen atoms in total. The first-order chi connectivity index (χ1) is 10.8. The molecule has 23 heavy (non-hydrogen) atoms. The van der Waals surface area contributed by atoms with Gasteiger partial charge in [-0.3, -0.25) is 9.59 Å². The van der Waals surface area contributed by atoms with Crippen LogP contribution in [0.15, 0.2) is 0 Å². The smallest absolute Gasteiger partial charge is 0.278 e. The summed E-state index contributed by atoms with van der Waals surface area (Å²) in [4.78, 5) is 27.8. The molecule has 2 fully saturated rings. The summed E-state index contributed by atoms with van der Waals surface area (Å²) in [5.41, 5.74) is -0.219. The van der Waals surface area contributed by atoms with E-state index >= 15 is 0 Å². The second kappa shape index (κ2) is 7.65. The Kier molecular flexibility index (Phi) is 6.06. The van der Waals surface area contributed by atoms with Crippen molar-refractivity contribution in [2.45, 2.75) is 70.9 Å². The zero-order valence-corrected chi connectivity index (χ0v) is 15.3. The van der Waals surface area contributed by atoms with Crippen LogP contribution in [0.5, 0.6) is 0 Å². The van der Waals surface area contributed by atoms with Crippen LogP contribution in [0, 0.1) is 5.92 Å². The molecule has 132 valence electrons. The minimum absolute atomic E-state index is 0.0111. The molecule has 2 amide bonds. The number of piperidine rings is 1. The molecule has 0 aromatic carbocycles. The SMILES string of the molecule is C[NH+](CC(=O)NC(C)(C)C)CC(=O)N1CCC[C@@H]2CCCC[C@@H]21. The summed E-state index contributed by atoms with van der Waals surface area (Å²) in [6.45, 7) is 7.60. The van der Waals surface area contributed by atoms with Gasteiger partial charge in [0.05, 0.1) is 7.05 Å². The molecule has 0 radical (unpaired) electrons. The van der Waals surface area contributed by atoms with E-state index in [1.807, 2.05) is 27.8 Å². The zero-order chi connectivity index (χ0) is 17.0. The second-order valence-electron chi connectivity index (χ2n) is 8.45. The predicted octanol–water partition coefficient (Wildman–Crippen LogP) is 0.597. The molecule has 2 N–H and O–H groups in total. The summed E-state index contributed by atoms with van der Waals surface area (Å²) in [7, 11) is 1.93. The van der Waals surface area contributed by atoms with Crippen LogP contribution in [0.4, 0.5) is 0 Å². The number of quaternary nitrogens is 1. The van der Waals surface area contributed by atoms with E-state index in [1.165, 1.54) is 32.1 Å². The van der Waals surface area contributed by atoms with E-state index in [2.05, 4.69) is 10.2 Å². The molecule has 0 aromatic rings. The third-order valence-corrected chi connectivity index (χ3v) is 4.99. The Morgan fingerprint density at radius 1 is 1.09 bits per heavy atom. The van der Waals surface area contributed by atoms with Gasteiger partial charge >= 0.3 is 0 Å².